The quantitative estimate of drug-likeness (QED) is 0.782. The summed E-state index contributed by atoms with van der Waals surface area (Å²) in [6.45, 7) is 0.435. The Kier molecular flexibility index (Phi) is 4.61. The predicted molar refractivity (Wildman–Crippen MR) is 97.4 cm³/mol. The minimum atomic E-state index is -0.720. The van der Waals surface area contributed by atoms with Crippen LogP contribution in [0.2, 0.25) is 0 Å². The Bertz CT molecular complexity index is 1090. The molecule has 1 aromatic carbocycles. The van der Waals surface area contributed by atoms with Crippen LogP contribution in [0.3, 0.4) is 0 Å². The first kappa shape index (κ1) is 17.9. The van der Waals surface area contributed by atoms with Crippen LogP contribution in [0.4, 0.5) is 0 Å². The second-order valence-electron chi connectivity index (χ2n) is 6.66. The lowest BCUT2D eigenvalue weighted by molar-refractivity contribution is -0.122. The Morgan fingerprint density at radius 1 is 1.29 bits per heavy atom. The van der Waals surface area contributed by atoms with Crippen molar-refractivity contribution in [2.45, 2.75) is 32.0 Å². The van der Waals surface area contributed by atoms with Crippen molar-refractivity contribution in [3.05, 3.63) is 56.4 Å². The number of carbonyl (C=O) groups is 1. The monoisotopic (exact) mass is 382 g/mol. The second kappa shape index (κ2) is 7.23. The Balaban J connectivity index is 1.45. The minimum Gasteiger partial charge on any atom is -0.486 e. The fourth-order valence-electron chi connectivity index (χ4n) is 3.48. The lowest BCUT2D eigenvalue weighted by Gasteiger charge is -2.26. The molecule has 0 saturated heterocycles. The van der Waals surface area contributed by atoms with E-state index < -0.39 is 23.7 Å². The Morgan fingerprint density at radius 3 is 2.86 bits per heavy atom. The van der Waals surface area contributed by atoms with Crippen LogP contribution in [0.5, 0.6) is 11.5 Å². The van der Waals surface area contributed by atoms with E-state index in [1.807, 2.05) is 18.2 Å². The number of hydrogen-bond acceptors (Lipinski definition) is 6. The molecule has 9 heteroatoms. The van der Waals surface area contributed by atoms with Gasteiger partial charge in [0, 0.05) is 12.2 Å². The van der Waals surface area contributed by atoms with E-state index in [-0.39, 0.29) is 24.8 Å². The predicted octanol–water partition coefficient (Wildman–Crippen LogP) is -0.216. The number of aromatic nitrogens is 2. The molecule has 3 heterocycles. The third-order valence-corrected chi connectivity index (χ3v) is 4.84. The maximum Gasteiger partial charge on any atom is 0.331 e. The number of rotatable bonds is 4. The van der Waals surface area contributed by atoms with Crippen molar-refractivity contribution in [1.29, 1.82) is 5.26 Å². The van der Waals surface area contributed by atoms with Crippen molar-refractivity contribution >= 4 is 5.91 Å². The van der Waals surface area contributed by atoms with Crippen LogP contribution in [0.25, 0.3) is 0 Å². The van der Waals surface area contributed by atoms with Crippen molar-refractivity contribution in [3.8, 4) is 17.6 Å². The smallest absolute Gasteiger partial charge is 0.331 e. The molecule has 4 rings (SSSR count). The molecule has 0 aliphatic carbocycles. The average Bonchev–Trinajstić information content (AvgIpc) is 3.19. The number of benzene rings is 1. The molecule has 1 amide bonds. The number of nitrogens with one attached hydrogen (secondary N) is 1. The molecule has 1 N–H and O–H groups in total. The number of amides is 1. The zero-order valence-electron chi connectivity index (χ0n) is 15.0. The number of ether oxygens (including phenoxy) is 2. The van der Waals surface area contributed by atoms with Gasteiger partial charge in [-0.3, -0.25) is 14.2 Å². The molecule has 2 aliphatic heterocycles. The summed E-state index contributed by atoms with van der Waals surface area (Å²) in [5.41, 5.74) is -0.883. The van der Waals surface area contributed by atoms with Crippen molar-refractivity contribution in [1.82, 2.24) is 14.5 Å². The van der Waals surface area contributed by atoms with Gasteiger partial charge in [0.1, 0.15) is 30.9 Å². The molecule has 144 valence electrons. The minimum absolute atomic E-state index is 0.0643. The van der Waals surface area contributed by atoms with Gasteiger partial charge in [0.2, 0.25) is 5.91 Å². The summed E-state index contributed by atoms with van der Waals surface area (Å²) in [7, 11) is 0. The zero-order chi connectivity index (χ0) is 19.7. The van der Waals surface area contributed by atoms with E-state index >= 15 is 0 Å². The molecular formula is C19H18N4O5. The molecule has 0 bridgehead atoms. The molecule has 28 heavy (non-hydrogen) atoms. The molecule has 1 aromatic heterocycles. The van der Waals surface area contributed by atoms with Gasteiger partial charge in [-0.25, -0.2) is 9.36 Å². The molecule has 9 nitrogen and oxygen atoms in total. The number of carbonyl (C=O) groups excluding carboxylic acids is 1. The molecular weight excluding hydrogens is 364 g/mol. The Hall–Kier alpha value is -3.54. The number of nitrogens with zero attached hydrogens (tertiary/aromatic N) is 3. The van der Waals surface area contributed by atoms with E-state index in [2.05, 4.69) is 5.32 Å². The van der Waals surface area contributed by atoms with E-state index in [1.165, 1.54) is 4.57 Å². The van der Waals surface area contributed by atoms with Crippen LogP contribution in [-0.2, 0) is 24.3 Å². The maximum absolute atomic E-state index is 12.5. The Labute approximate surface area is 159 Å². The topological polar surface area (TPSA) is 115 Å². The first-order valence-corrected chi connectivity index (χ1v) is 9.00. The molecule has 0 radical (unpaired) electrons. The summed E-state index contributed by atoms with van der Waals surface area (Å²) in [6, 6.07) is 9.10. The van der Waals surface area contributed by atoms with Crippen molar-refractivity contribution in [2.24, 2.45) is 0 Å². The summed E-state index contributed by atoms with van der Waals surface area (Å²) in [5, 5.41) is 11.9. The fourth-order valence-corrected chi connectivity index (χ4v) is 3.48. The van der Waals surface area contributed by atoms with E-state index in [1.54, 1.807) is 12.1 Å². The van der Waals surface area contributed by atoms with Crippen molar-refractivity contribution in [2.75, 3.05) is 13.2 Å². The van der Waals surface area contributed by atoms with Crippen LogP contribution >= 0.6 is 0 Å². The number of para-hydroxylation sites is 2. The molecule has 2 aromatic rings. The third kappa shape index (κ3) is 3.13. The highest BCUT2D eigenvalue weighted by Crippen LogP contribution is 2.30. The largest absolute Gasteiger partial charge is 0.486 e. The van der Waals surface area contributed by atoms with E-state index in [4.69, 9.17) is 9.47 Å². The lowest BCUT2D eigenvalue weighted by Crippen LogP contribution is -2.47. The molecule has 0 fully saturated rings. The van der Waals surface area contributed by atoms with Gasteiger partial charge in [-0.15, -0.1) is 0 Å². The lowest BCUT2D eigenvalue weighted by atomic mass is 10.2. The highest BCUT2D eigenvalue weighted by Gasteiger charge is 2.24. The highest BCUT2D eigenvalue weighted by molar-refractivity contribution is 5.75. The molecule has 1 atom stereocenters. The molecule has 0 spiro atoms. The average molecular weight is 382 g/mol. The highest BCUT2D eigenvalue weighted by atomic mass is 16.6. The van der Waals surface area contributed by atoms with Crippen LogP contribution in [0, 0.1) is 11.3 Å². The summed E-state index contributed by atoms with van der Waals surface area (Å²) in [4.78, 5) is 37.3. The number of nitriles is 1. The standard InChI is InChI=1S/C19H18N4O5/c20-8-13-14-4-3-7-22(14)19(26)23(18(13)25)10-17(24)21-9-12-11-27-15-5-1-2-6-16(15)28-12/h1-2,5-6,12H,3-4,7,9-11H2,(H,21,24)/t12-/m0/s1. The fraction of sp³-hybridized carbons (Fsp3) is 0.368. The summed E-state index contributed by atoms with van der Waals surface area (Å²) < 4.78 is 13.6. The normalized spacial score (nSPS) is 16.9. The van der Waals surface area contributed by atoms with E-state index in [9.17, 15) is 19.6 Å². The number of fused-ring (bicyclic) bond motifs is 2. The first-order valence-electron chi connectivity index (χ1n) is 9.00. The number of hydrogen-bond donors (Lipinski definition) is 1. The summed E-state index contributed by atoms with van der Waals surface area (Å²) >= 11 is 0. The zero-order valence-corrected chi connectivity index (χ0v) is 15.0. The van der Waals surface area contributed by atoms with Gasteiger partial charge < -0.3 is 14.8 Å². The molecule has 2 aliphatic rings. The Morgan fingerprint density at radius 2 is 2.07 bits per heavy atom. The van der Waals surface area contributed by atoms with Crippen molar-refractivity contribution in [3.63, 3.8) is 0 Å². The SMILES string of the molecule is N#Cc1c2n(c(=O)n(CC(=O)NC[C@H]3COc4ccccc4O3)c1=O)CCC2. The van der Waals surface area contributed by atoms with Crippen LogP contribution in [-0.4, -0.2) is 34.3 Å². The van der Waals surface area contributed by atoms with E-state index in [0.717, 1.165) is 4.57 Å². The van der Waals surface area contributed by atoms with Gasteiger partial charge in [-0.05, 0) is 25.0 Å². The molecule has 0 unspecified atom stereocenters. The second-order valence-corrected chi connectivity index (χ2v) is 6.66. The summed E-state index contributed by atoms with van der Waals surface area (Å²) in [5.74, 6) is 0.732. The maximum atomic E-state index is 12.5. The third-order valence-electron chi connectivity index (χ3n) is 4.84. The van der Waals surface area contributed by atoms with Gasteiger partial charge in [-0.2, -0.15) is 5.26 Å². The van der Waals surface area contributed by atoms with Gasteiger partial charge in [0.05, 0.1) is 6.54 Å². The first-order chi connectivity index (χ1) is 13.6. The molecule has 0 saturated carbocycles. The van der Waals surface area contributed by atoms with Crippen LogP contribution < -0.4 is 26.0 Å². The summed E-state index contributed by atoms with van der Waals surface area (Å²) in [6.07, 6.45) is 0.826. The van der Waals surface area contributed by atoms with Gasteiger partial charge in [-0.1, -0.05) is 12.1 Å². The van der Waals surface area contributed by atoms with Gasteiger partial charge >= 0.3 is 5.69 Å². The van der Waals surface area contributed by atoms with E-state index in [0.29, 0.717) is 36.6 Å². The van der Waals surface area contributed by atoms with Gasteiger partial charge in [0.25, 0.3) is 5.56 Å². The van der Waals surface area contributed by atoms with Crippen molar-refractivity contribution < 1.29 is 14.3 Å². The van der Waals surface area contributed by atoms with Gasteiger partial charge in [0.15, 0.2) is 11.5 Å². The van der Waals surface area contributed by atoms with Crippen LogP contribution in [0.1, 0.15) is 17.7 Å². The van der Waals surface area contributed by atoms with Crippen LogP contribution in [0.15, 0.2) is 33.9 Å².